The van der Waals surface area contributed by atoms with Crippen molar-refractivity contribution in [2.75, 3.05) is 57.8 Å². The van der Waals surface area contributed by atoms with Crippen LogP contribution < -0.4 is 9.64 Å². The number of amides is 2. The largest absolute Gasteiger partial charge is 0.490 e. The molecule has 9 nitrogen and oxygen atoms in total. The van der Waals surface area contributed by atoms with Crippen molar-refractivity contribution in [2.24, 2.45) is 5.92 Å². The second-order valence-corrected chi connectivity index (χ2v) is 10.9. The maximum atomic E-state index is 13.8. The fraction of sp³-hybridized carbons (Fsp3) is 0.696. The van der Waals surface area contributed by atoms with Crippen LogP contribution in [0, 0.1) is 5.92 Å². The molecule has 5 heterocycles. The minimum Gasteiger partial charge on any atom is -0.490 e. The van der Waals surface area contributed by atoms with E-state index in [1.165, 1.54) is 0 Å². The summed E-state index contributed by atoms with van der Waals surface area (Å²) in [4.78, 5) is 39.1. The number of fused-ring (bicyclic) bond motifs is 3. The van der Waals surface area contributed by atoms with E-state index in [0.29, 0.717) is 53.9 Å². The number of anilines is 1. The van der Waals surface area contributed by atoms with Crippen LogP contribution in [0.1, 0.15) is 37.6 Å². The van der Waals surface area contributed by atoms with E-state index in [1.807, 2.05) is 25.7 Å². The van der Waals surface area contributed by atoms with Gasteiger partial charge >= 0.3 is 6.09 Å². The van der Waals surface area contributed by atoms with Gasteiger partial charge in [-0.05, 0) is 40.2 Å². The molecule has 0 saturated carbocycles. The molecule has 0 aliphatic carbocycles. The normalized spacial score (nSPS) is 27.6. The number of ether oxygens (including phenoxy) is 2. The van der Waals surface area contributed by atoms with E-state index in [0.717, 1.165) is 26.1 Å². The molecule has 4 aliphatic heterocycles. The van der Waals surface area contributed by atoms with Crippen molar-refractivity contribution >= 4 is 29.4 Å². The summed E-state index contributed by atoms with van der Waals surface area (Å²) < 4.78 is 11.7. The lowest BCUT2D eigenvalue weighted by Gasteiger charge is -2.40. The highest BCUT2D eigenvalue weighted by Gasteiger charge is 2.45. The second-order valence-electron chi connectivity index (χ2n) is 10.6. The molecule has 3 atom stereocenters. The van der Waals surface area contributed by atoms with Crippen LogP contribution in [0.5, 0.6) is 5.75 Å². The van der Waals surface area contributed by atoms with Gasteiger partial charge in [-0.25, -0.2) is 9.78 Å². The molecule has 33 heavy (non-hydrogen) atoms. The third-order valence-corrected chi connectivity index (χ3v) is 7.17. The van der Waals surface area contributed by atoms with E-state index >= 15 is 0 Å². The average Bonchev–Trinajstić information content (AvgIpc) is 3.24. The van der Waals surface area contributed by atoms with E-state index in [4.69, 9.17) is 21.1 Å². The van der Waals surface area contributed by atoms with Gasteiger partial charge in [0.15, 0.2) is 0 Å². The Balaban J connectivity index is 1.42. The van der Waals surface area contributed by atoms with Crippen molar-refractivity contribution in [3.63, 3.8) is 0 Å². The maximum absolute atomic E-state index is 13.8. The van der Waals surface area contributed by atoms with Crippen LogP contribution in [-0.4, -0.2) is 102 Å². The quantitative estimate of drug-likeness (QED) is 0.574. The number of likely N-dealkylation sites (tertiary alicyclic amines) is 1. The first-order valence-electron chi connectivity index (χ1n) is 11.7. The fourth-order valence-corrected chi connectivity index (χ4v) is 5.70. The molecule has 4 aliphatic rings. The Kier molecular flexibility index (Phi) is 5.60. The minimum atomic E-state index is -0.570. The van der Waals surface area contributed by atoms with Crippen molar-refractivity contribution in [3.05, 3.63) is 16.8 Å². The molecular weight excluding hydrogens is 446 g/mol. The zero-order chi connectivity index (χ0) is 23.5. The highest BCUT2D eigenvalue weighted by Crippen LogP contribution is 2.40. The van der Waals surface area contributed by atoms with Crippen molar-refractivity contribution < 1.29 is 19.1 Å². The third kappa shape index (κ3) is 4.21. The van der Waals surface area contributed by atoms with Gasteiger partial charge in [-0.2, -0.15) is 0 Å². The topological polar surface area (TPSA) is 78.5 Å². The van der Waals surface area contributed by atoms with Crippen molar-refractivity contribution in [3.8, 4) is 5.75 Å². The lowest BCUT2D eigenvalue weighted by atomic mass is 10.0. The van der Waals surface area contributed by atoms with Gasteiger partial charge in [0.05, 0.1) is 6.04 Å². The highest BCUT2D eigenvalue weighted by atomic mass is 35.5. The zero-order valence-electron chi connectivity index (χ0n) is 19.7. The van der Waals surface area contributed by atoms with Crippen molar-refractivity contribution in [2.45, 2.75) is 44.9 Å². The van der Waals surface area contributed by atoms with Gasteiger partial charge in [-0.3, -0.25) is 4.79 Å². The Hall–Kier alpha value is -2.26. The molecule has 180 valence electrons. The number of rotatable bonds is 1. The zero-order valence-corrected chi connectivity index (χ0v) is 20.5. The van der Waals surface area contributed by atoms with E-state index in [9.17, 15) is 9.59 Å². The van der Waals surface area contributed by atoms with E-state index in [1.54, 1.807) is 11.0 Å². The molecular formula is C23H32ClN5O4. The summed E-state index contributed by atoms with van der Waals surface area (Å²) in [5.41, 5.74) is -0.0813. The molecule has 0 radical (unpaired) electrons. The Morgan fingerprint density at radius 1 is 1.18 bits per heavy atom. The summed E-state index contributed by atoms with van der Waals surface area (Å²) in [6.45, 7) is 9.88. The number of carbonyl (C=O) groups excluding carboxylic acids is 2. The number of piperazine rings is 1. The molecule has 0 spiro atoms. The molecule has 3 unspecified atom stereocenters. The van der Waals surface area contributed by atoms with Gasteiger partial charge in [0.25, 0.3) is 5.91 Å². The summed E-state index contributed by atoms with van der Waals surface area (Å²) in [5.74, 6) is 1.56. The van der Waals surface area contributed by atoms with Gasteiger partial charge < -0.3 is 29.1 Å². The van der Waals surface area contributed by atoms with Gasteiger partial charge in [-0.15, -0.1) is 0 Å². The highest BCUT2D eigenvalue weighted by molar-refractivity contribution is 6.30. The lowest BCUT2D eigenvalue weighted by molar-refractivity contribution is 0.000954. The number of aromatic nitrogens is 1. The predicted molar refractivity (Wildman–Crippen MR) is 124 cm³/mol. The van der Waals surface area contributed by atoms with Crippen LogP contribution in [0.4, 0.5) is 10.6 Å². The van der Waals surface area contributed by atoms with E-state index in [-0.39, 0.29) is 24.6 Å². The summed E-state index contributed by atoms with van der Waals surface area (Å²) in [6, 6.07) is 1.69. The Morgan fingerprint density at radius 2 is 1.97 bits per heavy atom. The first-order chi connectivity index (χ1) is 15.6. The average molecular weight is 478 g/mol. The molecule has 10 heteroatoms. The predicted octanol–water partition coefficient (Wildman–Crippen LogP) is 2.33. The Labute approximate surface area is 199 Å². The summed E-state index contributed by atoms with van der Waals surface area (Å²) in [5, 5.41) is 0.321. The number of pyridine rings is 1. The molecule has 3 saturated heterocycles. The first kappa shape index (κ1) is 22.5. The van der Waals surface area contributed by atoms with Crippen LogP contribution in [0.25, 0.3) is 0 Å². The van der Waals surface area contributed by atoms with Crippen LogP contribution in [0.3, 0.4) is 0 Å². The van der Waals surface area contributed by atoms with Crippen LogP contribution in [0.2, 0.25) is 5.15 Å². The molecule has 3 fully saturated rings. The first-order valence-corrected chi connectivity index (χ1v) is 12.1. The van der Waals surface area contributed by atoms with Gasteiger partial charge in [0.2, 0.25) is 0 Å². The molecule has 1 aromatic rings. The van der Waals surface area contributed by atoms with Crippen LogP contribution in [-0.2, 0) is 4.74 Å². The molecule has 5 rings (SSSR count). The van der Waals surface area contributed by atoms with Crippen LogP contribution in [0.15, 0.2) is 6.07 Å². The standard InChI is InChI=1S/C23H32ClN5O4/c1-23(2,3)33-22(31)27-7-8-28-15(11-27)13-32-17-9-18(24)25-20(19(17)21(28)30)29-6-5-14-10-26(4)12-16(14)29/h9,14-16H,5-8,10-13H2,1-4H3. The number of halogens is 1. The minimum absolute atomic E-state index is 0.106. The summed E-state index contributed by atoms with van der Waals surface area (Å²) in [6.07, 6.45) is 0.708. The molecule has 0 N–H and O–H groups in total. The monoisotopic (exact) mass is 477 g/mol. The maximum Gasteiger partial charge on any atom is 0.410 e. The molecule has 0 aromatic carbocycles. The Bertz CT molecular complexity index is 967. The number of nitrogens with zero attached hydrogens (tertiary/aromatic N) is 5. The third-order valence-electron chi connectivity index (χ3n) is 6.98. The number of hydrogen-bond donors (Lipinski definition) is 0. The van der Waals surface area contributed by atoms with Gasteiger partial charge in [-0.1, -0.05) is 11.6 Å². The molecule has 1 aromatic heterocycles. The molecule has 0 bridgehead atoms. The fourth-order valence-electron chi connectivity index (χ4n) is 5.53. The number of carbonyl (C=O) groups is 2. The van der Waals surface area contributed by atoms with Crippen LogP contribution >= 0.6 is 11.6 Å². The van der Waals surface area contributed by atoms with Crippen molar-refractivity contribution in [1.29, 1.82) is 0 Å². The van der Waals surface area contributed by atoms with Crippen molar-refractivity contribution in [1.82, 2.24) is 19.7 Å². The lowest BCUT2D eigenvalue weighted by Crippen LogP contribution is -2.58. The molecule has 2 amide bonds. The number of likely N-dealkylation sites (N-methyl/N-ethyl adjacent to an activating group) is 1. The van der Waals surface area contributed by atoms with Gasteiger partial charge in [0, 0.05) is 51.4 Å². The smallest absolute Gasteiger partial charge is 0.410 e. The SMILES string of the molecule is CN1CC2CCN(c3nc(Cl)cc4c3C(=O)N3CCN(C(=O)OC(C)(C)C)CC3CO4)C2C1. The van der Waals surface area contributed by atoms with E-state index < -0.39 is 5.60 Å². The summed E-state index contributed by atoms with van der Waals surface area (Å²) in [7, 11) is 2.13. The second kappa shape index (κ2) is 8.20. The Morgan fingerprint density at radius 3 is 2.73 bits per heavy atom. The number of hydrogen-bond acceptors (Lipinski definition) is 7. The van der Waals surface area contributed by atoms with E-state index in [2.05, 4.69) is 21.8 Å². The van der Waals surface area contributed by atoms with Gasteiger partial charge in [0.1, 0.15) is 34.5 Å². The summed E-state index contributed by atoms with van der Waals surface area (Å²) >= 11 is 6.39.